The molecule has 2 aliphatic rings. The van der Waals surface area contributed by atoms with E-state index in [0.717, 1.165) is 30.1 Å². The summed E-state index contributed by atoms with van der Waals surface area (Å²) in [7, 11) is 0. The van der Waals surface area contributed by atoms with Crippen LogP contribution in [0.4, 0.5) is 0 Å². The maximum atomic E-state index is 12.8. The maximum Gasteiger partial charge on any atom is 0.228 e. The standard InChI is InChI=1S/C19H26N4O3/c1-15-16(23-6-3-2-4-17(23)20-15)12-18(24)22-7-5-19(25,14-22)13-21-8-10-26-11-9-21/h2-4,6,25H,5,7-14H2,1H3. The largest absolute Gasteiger partial charge is 0.387 e. The molecule has 0 radical (unpaired) electrons. The normalized spacial score (nSPS) is 24.5. The first kappa shape index (κ1) is 17.5. The van der Waals surface area contributed by atoms with Crippen LogP contribution in [0.15, 0.2) is 24.4 Å². The number of aryl methyl sites for hydroxylation is 1. The van der Waals surface area contributed by atoms with Crippen LogP contribution in [0.2, 0.25) is 0 Å². The Morgan fingerprint density at radius 1 is 1.31 bits per heavy atom. The summed E-state index contributed by atoms with van der Waals surface area (Å²) < 4.78 is 7.34. The van der Waals surface area contributed by atoms with Gasteiger partial charge in [0, 0.05) is 32.4 Å². The number of hydrogen-bond donors (Lipinski definition) is 1. The van der Waals surface area contributed by atoms with Crippen molar-refractivity contribution in [2.75, 3.05) is 45.9 Å². The molecule has 4 heterocycles. The highest BCUT2D eigenvalue weighted by atomic mass is 16.5. The lowest BCUT2D eigenvalue weighted by molar-refractivity contribution is -0.130. The van der Waals surface area contributed by atoms with Gasteiger partial charge in [0.1, 0.15) is 5.65 Å². The van der Waals surface area contributed by atoms with E-state index in [4.69, 9.17) is 4.74 Å². The zero-order chi connectivity index (χ0) is 18.1. The van der Waals surface area contributed by atoms with Gasteiger partial charge in [-0.3, -0.25) is 9.69 Å². The molecular formula is C19H26N4O3. The lowest BCUT2D eigenvalue weighted by atomic mass is 10.0. The van der Waals surface area contributed by atoms with Gasteiger partial charge < -0.3 is 19.1 Å². The number of aromatic nitrogens is 2. The summed E-state index contributed by atoms with van der Waals surface area (Å²) in [5.41, 5.74) is 1.85. The van der Waals surface area contributed by atoms with Gasteiger partial charge in [-0.15, -0.1) is 0 Å². The summed E-state index contributed by atoms with van der Waals surface area (Å²) in [6.07, 6.45) is 2.88. The highest BCUT2D eigenvalue weighted by Crippen LogP contribution is 2.24. The minimum absolute atomic E-state index is 0.0525. The number of carbonyl (C=O) groups excluding carboxylic acids is 1. The second-order valence-corrected chi connectivity index (χ2v) is 7.43. The zero-order valence-electron chi connectivity index (χ0n) is 15.2. The predicted molar refractivity (Wildman–Crippen MR) is 97.0 cm³/mol. The van der Waals surface area contributed by atoms with Crippen molar-refractivity contribution in [3.63, 3.8) is 0 Å². The number of morpholine rings is 1. The Morgan fingerprint density at radius 3 is 2.92 bits per heavy atom. The summed E-state index contributed by atoms with van der Waals surface area (Å²) in [4.78, 5) is 21.4. The predicted octanol–water partition coefficient (Wildman–Crippen LogP) is 0.481. The molecule has 7 nitrogen and oxygen atoms in total. The van der Waals surface area contributed by atoms with Crippen molar-refractivity contribution in [2.45, 2.75) is 25.4 Å². The number of carbonyl (C=O) groups is 1. The topological polar surface area (TPSA) is 70.3 Å². The number of ether oxygens (including phenoxy) is 1. The molecule has 1 unspecified atom stereocenters. The van der Waals surface area contributed by atoms with Gasteiger partial charge >= 0.3 is 0 Å². The van der Waals surface area contributed by atoms with E-state index in [9.17, 15) is 9.90 Å². The second kappa shape index (κ2) is 6.98. The number of amides is 1. The zero-order valence-corrected chi connectivity index (χ0v) is 15.2. The maximum absolute atomic E-state index is 12.8. The lowest BCUT2D eigenvalue weighted by Gasteiger charge is -2.33. The molecule has 1 N–H and O–H groups in total. The van der Waals surface area contributed by atoms with E-state index in [-0.39, 0.29) is 5.91 Å². The van der Waals surface area contributed by atoms with Crippen molar-refractivity contribution in [3.8, 4) is 0 Å². The minimum atomic E-state index is -0.818. The molecule has 140 valence electrons. The Balaban J connectivity index is 1.41. The van der Waals surface area contributed by atoms with Crippen molar-refractivity contribution >= 4 is 11.6 Å². The van der Waals surface area contributed by atoms with Crippen LogP contribution >= 0.6 is 0 Å². The third-order valence-electron chi connectivity index (χ3n) is 5.45. The van der Waals surface area contributed by atoms with E-state index in [2.05, 4.69) is 9.88 Å². The highest BCUT2D eigenvalue weighted by molar-refractivity contribution is 5.79. The molecule has 2 saturated heterocycles. The molecule has 4 rings (SSSR count). The number of likely N-dealkylation sites (tertiary alicyclic amines) is 1. The Bertz CT molecular complexity index is 799. The molecule has 2 aromatic heterocycles. The Morgan fingerprint density at radius 2 is 2.12 bits per heavy atom. The molecule has 26 heavy (non-hydrogen) atoms. The van der Waals surface area contributed by atoms with Crippen LogP contribution in [0.5, 0.6) is 0 Å². The number of nitrogens with zero attached hydrogens (tertiary/aromatic N) is 4. The fourth-order valence-electron chi connectivity index (χ4n) is 4.01. The van der Waals surface area contributed by atoms with Crippen molar-refractivity contribution in [1.29, 1.82) is 0 Å². The Hall–Kier alpha value is -1.96. The van der Waals surface area contributed by atoms with E-state index >= 15 is 0 Å². The highest BCUT2D eigenvalue weighted by Gasteiger charge is 2.39. The minimum Gasteiger partial charge on any atom is -0.387 e. The molecule has 0 aromatic carbocycles. The van der Waals surface area contributed by atoms with Gasteiger partial charge in [0.05, 0.1) is 43.2 Å². The molecule has 1 amide bonds. The summed E-state index contributed by atoms with van der Waals surface area (Å²) in [6.45, 7) is 6.67. The SMILES string of the molecule is Cc1nc2ccccn2c1CC(=O)N1CCC(O)(CN2CCOCC2)C1. The van der Waals surface area contributed by atoms with Crippen LogP contribution < -0.4 is 0 Å². The molecule has 2 aromatic rings. The van der Waals surface area contributed by atoms with Crippen LogP contribution in [0.3, 0.4) is 0 Å². The molecular weight excluding hydrogens is 332 g/mol. The van der Waals surface area contributed by atoms with Crippen molar-refractivity contribution < 1.29 is 14.6 Å². The molecule has 1 atom stereocenters. The van der Waals surface area contributed by atoms with Crippen LogP contribution in [-0.4, -0.2) is 81.7 Å². The van der Waals surface area contributed by atoms with Gasteiger partial charge in [-0.05, 0) is 25.5 Å². The number of aliphatic hydroxyl groups is 1. The Labute approximate surface area is 153 Å². The molecule has 0 spiro atoms. The number of hydrogen-bond acceptors (Lipinski definition) is 5. The first-order valence-corrected chi connectivity index (χ1v) is 9.27. The second-order valence-electron chi connectivity index (χ2n) is 7.43. The Kier molecular flexibility index (Phi) is 4.69. The third kappa shape index (κ3) is 3.47. The van der Waals surface area contributed by atoms with Gasteiger partial charge in [-0.2, -0.15) is 0 Å². The van der Waals surface area contributed by atoms with Gasteiger partial charge in [0.2, 0.25) is 5.91 Å². The average Bonchev–Trinajstić information content (AvgIpc) is 3.17. The van der Waals surface area contributed by atoms with Crippen molar-refractivity contribution in [2.24, 2.45) is 0 Å². The summed E-state index contributed by atoms with van der Waals surface area (Å²) >= 11 is 0. The van der Waals surface area contributed by atoms with E-state index < -0.39 is 5.60 Å². The number of pyridine rings is 1. The molecule has 2 fully saturated rings. The molecule has 2 aliphatic heterocycles. The van der Waals surface area contributed by atoms with E-state index in [0.29, 0.717) is 45.7 Å². The molecule has 0 saturated carbocycles. The quantitative estimate of drug-likeness (QED) is 0.861. The summed E-state index contributed by atoms with van der Waals surface area (Å²) in [6, 6.07) is 5.83. The van der Waals surface area contributed by atoms with Gasteiger partial charge in [-0.1, -0.05) is 6.07 Å². The smallest absolute Gasteiger partial charge is 0.228 e. The number of fused-ring (bicyclic) bond motifs is 1. The van der Waals surface area contributed by atoms with E-state index in [1.165, 1.54) is 0 Å². The van der Waals surface area contributed by atoms with Gasteiger partial charge in [-0.25, -0.2) is 4.98 Å². The van der Waals surface area contributed by atoms with Crippen LogP contribution in [0.1, 0.15) is 17.8 Å². The molecule has 0 aliphatic carbocycles. The van der Waals surface area contributed by atoms with Crippen LogP contribution in [0.25, 0.3) is 5.65 Å². The van der Waals surface area contributed by atoms with Crippen LogP contribution in [0, 0.1) is 6.92 Å². The summed E-state index contributed by atoms with van der Waals surface area (Å²) in [5.74, 6) is 0.0525. The number of imidazole rings is 1. The van der Waals surface area contributed by atoms with Gasteiger partial charge in [0.25, 0.3) is 0 Å². The van der Waals surface area contributed by atoms with Crippen LogP contribution in [-0.2, 0) is 16.0 Å². The van der Waals surface area contributed by atoms with Crippen molar-refractivity contribution in [1.82, 2.24) is 19.2 Å². The third-order valence-corrected chi connectivity index (χ3v) is 5.45. The molecule has 0 bridgehead atoms. The lowest BCUT2D eigenvalue weighted by Crippen LogP contribution is -2.49. The number of β-amino-alcohol motifs (C(OH)–C–C–N with tert-alkyl or cyclic N) is 1. The molecule has 7 heteroatoms. The fraction of sp³-hybridized carbons (Fsp3) is 0.579. The van der Waals surface area contributed by atoms with E-state index in [1.54, 1.807) is 4.90 Å². The van der Waals surface area contributed by atoms with E-state index in [1.807, 2.05) is 35.7 Å². The van der Waals surface area contributed by atoms with Gasteiger partial charge in [0.15, 0.2) is 0 Å². The fourth-order valence-corrected chi connectivity index (χ4v) is 4.01. The van der Waals surface area contributed by atoms with Crippen molar-refractivity contribution in [3.05, 3.63) is 35.8 Å². The summed E-state index contributed by atoms with van der Waals surface area (Å²) in [5, 5.41) is 10.9. The monoisotopic (exact) mass is 358 g/mol. The first-order valence-electron chi connectivity index (χ1n) is 9.27. The first-order chi connectivity index (χ1) is 12.5. The number of rotatable bonds is 4. The average molecular weight is 358 g/mol.